The molecule has 2 rings (SSSR count). The fourth-order valence-electron chi connectivity index (χ4n) is 2.56. The first-order valence-corrected chi connectivity index (χ1v) is 8.35. The second kappa shape index (κ2) is 8.07. The van der Waals surface area contributed by atoms with Crippen molar-refractivity contribution in [3.05, 3.63) is 35.9 Å². The normalized spacial score (nSPS) is 17.6. The maximum Gasteiger partial charge on any atom is 0.410 e. The highest BCUT2D eigenvalue weighted by atomic mass is 16.6. The van der Waals surface area contributed by atoms with E-state index in [1.165, 1.54) is 4.90 Å². The molecule has 0 aliphatic carbocycles. The Morgan fingerprint density at radius 2 is 1.81 bits per heavy atom. The van der Waals surface area contributed by atoms with E-state index in [1.54, 1.807) is 20.8 Å². The summed E-state index contributed by atoms with van der Waals surface area (Å²) in [6.45, 7) is 5.27. The van der Waals surface area contributed by atoms with Crippen LogP contribution in [0.15, 0.2) is 30.3 Å². The number of ether oxygens (including phenoxy) is 2. The molecule has 2 amide bonds. The number of nitrogens with zero attached hydrogens (tertiary/aromatic N) is 2. The summed E-state index contributed by atoms with van der Waals surface area (Å²) in [6.07, 6.45) is -1.81. The van der Waals surface area contributed by atoms with Crippen LogP contribution in [0.3, 0.4) is 0 Å². The highest BCUT2D eigenvalue weighted by Crippen LogP contribution is 2.17. The van der Waals surface area contributed by atoms with Gasteiger partial charge in [0.2, 0.25) is 0 Å². The van der Waals surface area contributed by atoms with Crippen molar-refractivity contribution < 1.29 is 29.0 Å². The fourth-order valence-corrected chi connectivity index (χ4v) is 2.56. The molecule has 1 aromatic rings. The highest BCUT2D eigenvalue weighted by molar-refractivity contribution is 5.82. The van der Waals surface area contributed by atoms with E-state index in [0.29, 0.717) is 0 Å². The Labute approximate surface area is 152 Å². The zero-order valence-electron chi connectivity index (χ0n) is 15.2. The molecule has 0 aromatic heterocycles. The molecule has 1 heterocycles. The maximum atomic E-state index is 12.4. The summed E-state index contributed by atoms with van der Waals surface area (Å²) in [7, 11) is 0. The molecule has 26 heavy (non-hydrogen) atoms. The molecular weight excluding hydrogens is 340 g/mol. The Hall–Kier alpha value is -2.77. The van der Waals surface area contributed by atoms with Gasteiger partial charge in [0.25, 0.3) is 0 Å². The first-order valence-electron chi connectivity index (χ1n) is 8.35. The van der Waals surface area contributed by atoms with Crippen molar-refractivity contribution in [2.24, 2.45) is 0 Å². The van der Waals surface area contributed by atoms with E-state index in [9.17, 15) is 19.5 Å². The van der Waals surface area contributed by atoms with Gasteiger partial charge in [-0.3, -0.25) is 4.90 Å². The monoisotopic (exact) mass is 364 g/mol. The van der Waals surface area contributed by atoms with Gasteiger partial charge in [-0.25, -0.2) is 14.4 Å². The van der Waals surface area contributed by atoms with Gasteiger partial charge in [0.15, 0.2) is 6.04 Å². The first kappa shape index (κ1) is 19.6. The van der Waals surface area contributed by atoms with E-state index in [4.69, 9.17) is 9.47 Å². The molecule has 0 unspecified atom stereocenters. The van der Waals surface area contributed by atoms with Crippen molar-refractivity contribution in [3.63, 3.8) is 0 Å². The summed E-state index contributed by atoms with van der Waals surface area (Å²) in [6, 6.07) is 8.13. The van der Waals surface area contributed by atoms with E-state index < -0.39 is 29.8 Å². The largest absolute Gasteiger partial charge is 0.465 e. The number of benzene rings is 1. The fraction of sp³-hybridized carbons (Fsp3) is 0.500. The standard InChI is InChI=1S/C18H24N2O6/c1-18(2,3)26-15(21)14-11-19(9-10-20(14)16(22)23)17(24)25-12-13-7-5-4-6-8-13/h4-8,14H,9-12H2,1-3H3,(H,22,23)/t14-/m0/s1. The molecular formula is C18H24N2O6. The summed E-state index contributed by atoms with van der Waals surface area (Å²) in [4.78, 5) is 38.4. The number of hydrogen-bond acceptors (Lipinski definition) is 5. The number of carbonyl (C=O) groups excluding carboxylic acids is 2. The van der Waals surface area contributed by atoms with Crippen LogP contribution in [0.2, 0.25) is 0 Å². The smallest absolute Gasteiger partial charge is 0.410 e. The molecule has 0 saturated carbocycles. The first-order chi connectivity index (χ1) is 12.2. The van der Waals surface area contributed by atoms with Gasteiger partial charge in [-0.1, -0.05) is 30.3 Å². The molecule has 1 N–H and O–H groups in total. The van der Waals surface area contributed by atoms with Crippen molar-refractivity contribution >= 4 is 18.2 Å². The SMILES string of the molecule is CC(C)(C)OC(=O)[C@@H]1CN(C(=O)OCc2ccccc2)CCN1C(=O)O. The lowest BCUT2D eigenvalue weighted by atomic mass is 10.1. The summed E-state index contributed by atoms with van der Waals surface area (Å²) in [5.74, 6) is -0.680. The number of hydrogen-bond donors (Lipinski definition) is 1. The zero-order chi connectivity index (χ0) is 19.3. The number of carbonyl (C=O) groups is 3. The van der Waals surface area contributed by atoms with Crippen LogP contribution in [0.1, 0.15) is 26.3 Å². The molecule has 1 saturated heterocycles. The summed E-state index contributed by atoms with van der Waals surface area (Å²) in [5.41, 5.74) is 0.0888. The quantitative estimate of drug-likeness (QED) is 0.827. The molecule has 1 aliphatic rings. The van der Waals surface area contributed by atoms with Crippen molar-refractivity contribution in [1.82, 2.24) is 9.80 Å². The van der Waals surface area contributed by atoms with Crippen LogP contribution in [0.4, 0.5) is 9.59 Å². The van der Waals surface area contributed by atoms with Crippen molar-refractivity contribution in [3.8, 4) is 0 Å². The zero-order valence-corrected chi connectivity index (χ0v) is 15.2. The third kappa shape index (κ3) is 5.37. The molecule has 0 bridgehead atoms. The van der Waals surface area contributed by atoms with Crippen molar-refractivity contribution in [2.75, 3.05) is 19.6 Å². The predicted molar refractivity (Wildman–Crippen MR) is 92.6 cm³/mol. The van der Waals surface area contributed by atoms with Gasteiger partial charge in [-0.05, 0) is 26.3 Å². The van der Waals surface area contributed by atoms with Crippen LogP contribution in [0, 0.1) is 0 Å². The topological polar surface area (TPSA) is 96.4 Å². The molecule has 0 spiro atoms. The second-order valence-corrected chi connectivity index (χ2v) is 7.01. The molecule has 8 heteroatoms. The lowest BCUT2D eigenvalue weighted by Gasteiger charge is -2.38. The van der Waals surface area contributed by atoms with Crippen LogP contribution in [0.5, 0.6) is 0 Å². The van der Waals surface area contributed by atoms with E-state index >= 15 is 0 Å². The minimum atomic E-state index is -1.22. The van der Waals surface area contributed by atoms with Crippen LogP contribution < -0.4 is 0 Å². The predicted octanol–water partition coefficient (Wildman–Crippen LogP) is 2.33. The Balaban J connectivity index is 2.01. The van der Waals surface area contributed by atoms with Crippen LogP contribution >= 0.6 is 0 Å². The van der Waals surface area contributed by atoms with Crippen LogP contribution in [0.25, 0.3) is 0 Å². The summed E-state index contributed by atoms with van der Waals surface area (Å²) in [5, 5.41) is 9.32. The Kier molecular flexibility index (Phi) is 6.07. The lowest BCUT2D eigenvalue weighted by Crippen LogP contribution is -2.60. The van der Waals surface area contributed by atoms with Gasteiger partial charge in [0, 0.05) is 13.1 Å². The van der Waals surface area contributed by atoms with Gasteiger partial charge in [0.05, 0.1) is 6.54 Å². The third-order valence-electron chi connectivity index (χ3n) is 3.77. The van der Waals surface area contributed by atoms with E-state index in [2.05, 4.69) is 0 Å². The van der Waals surface area contributed by atoms with E-state index in [-0.39, 0.29) is 26.2 Å². The van der Waals surface area contributed by atoms with Crippen LogP contribution in [-0.4, -0.2) is 64.3 Å². The Morgan fingerprint density at radius 3 is 2.38 bits per heavy atom. The number of carboxylic acid groups (broad SMARTS) is 1. The molecule has 1 fully saturated rings. The minimum Gasteiger partial charge on any atom is -0.465 e. The van der Waals surface area contributed by atoms with Gasteiger partial charge < -0.3 is 19.5 Å². The van der Waals surface area contributed by atoms with Gasteiger partial charge in [0.1, 0.15) is 12.2 Å². The van der Waals surface area contributed by atoms with Crippen molar-refractivity contribution in [2.45, 2.75) is 39.0 Å². The molecule has 1 aromatic carbocycles. The molecule has 8 nitrogen and oxygen atoms in total. The van der Waals surface area contributed by atoms with Gasteiger partial charge in [-0.2, -0.15) is 0 Å². The number of amides is 2. The van der Waals surface area contributed by atoms with Crippen molar-refractivity contribution in [1.29, 1.82) is 0 Å². The second-order valence-electron chi connectivity index (χ2n) is 7.01. The minimum absolute atomic E-state index is 0.0136. The maximum absolute atomic E-state index is 12.4. The van der Waals surface area contributed by atoms with E-state index in [0.717, 1.165) is 10.5 Å². The number of rotatable bonds is 3. The summed E-state index contributed by atoms with van der Waals surface area (Å²) >= 11 is 0. The molecule has 0 radical (unpaired) electrons. The third-order valence-corrected chi connectivity index (χ3v) is 3.77. The molecule has 1 atom stereocenters. The Bertz CT molecular complexity index is 655. The van der Waals surface area contributed by atoms with Gasteiger partial charge >= 0.3 is 18.2 Å². The highest BCUT2D eigenvalue weighted by Gasteiger charge is 2.39. The molecule has 1 aliphatic heterocycles. The van der Waals surface area contributed by atoms with Gasteiger partial charge in [-0.15, -0.1) is 0 Å². The Morgan fingerprint density at radius 1 is 1.15 bits per heavy atom. The average molecular weight is 364 g/mol. The molecule has 142 valence electrons. The van der Waals surface area contributed by atoms with E-state index in [1.807, 2.05) is 30.3 Å². The average Bonchev–Trinajstić information content (AvgIpc) is 2.58. The number of esters is 1. The summed E-state index contributed by atoms with van der Waals surface area (Å²) < 4.78 is 10.6. The lowest BCUT2D eigenvalue weighted by molar-refractivity contribution is -0.162. The number of piperazine rings is 1. The van der Waals surface area contributed by atoms with Crippen LogP contribution in [-0.2, 0) is 20.9 Å².